The molecular formula is C17H29N3. The second-order valence-electron chi connectivity index (χ2n) is 6.11. The first kappa shape index (κ1) is 15.5. The monoisotopic (exact) mass is 275 g/mol. The van der Waals surface area contributed by atoms with Gasteiger partial charge in [-0.3, -0.25) is 9.88 Å². The number of hydrogen-bond donors (Lipinski definition) is 1. The highest BCUT2D eigenvalue weighted by atomic mass is 15.2. The first-order valence-electron chi connectivity index (χ1n) is 8.08. The maximum Gasteiger partial charge on any atom is 0.0544 e. The lowest BCUT2D eigenvalue weighted by molar-refractivity contribution is 0.235. The van der Waals surface area contributed by atoms with Crippen molar-refractivity contribution in [3.8, 4) is 0 Å². The number of pyridine rings is 1. The van der Waals surface area contributed by atoms with Crippen molar-refractivity contribution in [1.29, 1.82) is 0 Å². The van der Waals surface area contributed by atoms with Crippen molar-refractivity contribution < 1.29 is 0 Å². The minimum Gasteiger partial charge on any atom is -0.313 e. The molecule has 0 amide bonds. The maximum absolute atomic E-state index is 4.61. The molecule has 3 heteroatoms. The summed E-state index contributed by atoms with van der Waals surface area (Å²) in [5, 5.41) is 3.33. The van der Waals surface area contributed by atoms with Gasteiger partial charge in [-0.25, -0.2) is 0 Å². The van der Waals surface area contributed by atoms with Crippen LogP contribution in [0.5, 0.6) is 0 Å². The van der Waals surface area contributed by atoms with E-state index in [0.717, 1.165) is 19.6 Å². The van der Waals surface area contributed by atoms with E-state index in [0.29, 0.717) is 5.41 Å². The summed E-state index contributed by atoms with van der Waals surface area (Å²) in [5.74, 6) is 0. The Balaban J connectivity index is 1.88. The van der Waals surface area contributed by atoms with Gasteiger partial charge in [0, 0.05) is 25.8 Å². The Morgan fingerprint density at radius 3 is 2.60 bits per heavy atom. The van der Waals surface area contributed by atoms with Crippen LogP contribution in [0.1, 0.15) is 51.3 Å². The Kier molecular flexibility index (Phi) is 5.55. The minimum atomic E-state index is 0.561. The molecule has 1 aliphatic rings. The standard InChI is InChI=1S/C17H29N3/c1-4-17(5-2)9-10-20(14-17)13-16-8-7-15(12-19-16)11-18-6-3/h7-8,12,18H,4-6,9-11,13-14H2,1-3H3. The van der Waals surface area contributed by atoms with E-state index in [1.807, 2.05) is 6.20 Å². The lowest BCUT2D eigenvalue weighted by Gasteiger charge is -2.26. The van der Waals surface area contributed by atoms with Gasteiger partial charge in [0.25, 0.3) is 0 Å². The Morgan fingerprint density at radius 2 is 2.05 bits per heavy atom. The van der Waals surface area contributed by atoms with Crippen LogP contribution >= 0.6 is 0 Å². The van der Waals surface area contributed by atoms with Gasteiger partial charge in [0.15, 0.2) is 0 Å². The molecule has 0 unspecified atom stereocenters. The summed E-state index contributed by atoms with van der Waals surface area (Å²) >= 11 is 0. The molecule has 0 aliphatic carbocycles. The van der Waals surface area contributed by atoms with Crippen molar-refractivity contribution in [1.82, 2.24) is 15.2 Å². The fraction of sp³-hybridized carbons (Fsp3) is 0.706. The van der Waals surface area contributed by atoms with Gasteiger partial charge in [-0.15, -0.1) is 0 Å². The van der Waals surface area contributed by atoms with Crippen LogP contribution in [0.4, 0.5) is 0 Å². The SMILES string of the molecule is CCNCc1ccc(CN2CCC(CC)(CC)C2)nc1. The van der Waals surface area contributed by atoms with E-state index >= 15 is 0 Å². The van der Waals surface area contributed by atoms with Crippen molar-refractivity contribution >= 4 is 0 Å². The average Bonchev–Trinajstić information content (AvgIpc) is 2.90. The molecular weight excluding hydrogens is 246 g/mol. The molecule has 20 heavy (non-hydrogen) atoms. The molecule has 1 aliphatic heterocycles. The molecule has 0 radical (unpaired) electrons. The summed E-state index contributed by atoms with van der Waals surface area (Å²) < 4.78 is 0. The first-order chi connectivity index (χ1) is 9.71. The number of likely N-dealkylation sites (tertiary alicyclic amines) is 1. The van der Waals surface area contributed by atoms with E-state index in [1.54, 1.807) is 0 Å². The fourth-order valence-corrected chi connectivity index (χ4v) is 3.14. The van der Waals surface area contributed by atoms with Crippen molar-refractivity contribution in [2.45, 2.75) is 53.1 Å². The third-order valence-electron chi connectivity index (χ3n) is 4.87. The molecule has 1 N–H and O–H groups in total. The largest absolute Gasteiger partial charge is 0.313 e. The van der Waals surface area contributed by atoms with Gasteiger partial charge in [0.1, 0.15) is 0 Å². The highest BCUT2D eigenvalue weighted by molar-refractivity contribution is 5.14. The molecule has 112 valence electrons. The Labute approximate surface area is 123 Å². The molecule has 0 aromatic carbocycles. The second-order valence-corrected chi connectivity index (χ2v) is 6.11. The summed E-state index contributed by atoms with van der Waals surface area (Å²) in [6, 6.07) is 4.39. The summed E-state index contributed by atoms with van der Waals surface area (Å²) in [6.07, 6.45) is 5.96. The number of nitrogens with zero attached hydrogens (tertiary/aromatic N) is 2. The molecule has 1 aromatic heterocycles. The van der Waals surface area contributed by atoms with Gasteiger partial charge in [-0.2, -0.15) is 0 Å². The van der Waals surface area contributed by atoms with Gasteiger partial charge < -0.3 is 5.32 Å². The van der Waals surface area contributed by atoms with E-state index in [-0.39, 0.29) is 0 Å². The number of nitrogens with one attached hydrogen (secondary N) is 1. The Hall–Kier alpha value is -0.930. The Morgan fingerprint density at radius 1 is 1.25 bits per heavy atom. The van der Waals surface area contributed by atoms with Crippen LogP contribution in [0.25, 0.3) is 0 Å². The number of aromatic nitrogens is 1. The topological polar surface area (TPSA) is 28.2 Å². The molecule has 1 aromatic rings. The second kappa shape index (κ2) is 7.19. The van der Waals surface area contributed by atoms with Gasteiger partial charge in [-0.05, 0) is 49.4 Å². The third kappa shape index (κ3) is 3.80. The zero-order valence-electron chi connectivity index (χ0n) is 13.3. The predicted molar refractivity (Wildman–Crippen MR) is 84.5 cm³/mol. The lowest BCUT2D eigenvalue weighted by atomic mass is 9.82. The zero-order valence-corrected chi connectivity index (χ0v) is 13.3. The lowest BCUT2D eigenvalue weighted by Crippen LogP contribution is -2.26. The molecule has 3 nitrogen and oxygen atoms in total. The molecule has 0 spiro atoms. The van der Waals surface area contributed by atoms with Gasteiger partial charge in [-0.1, -0.05) is 26.8 Å². The van der Waals surface area contributed by atoms with Crippen LogP contribution in [0.15, 0.2) is 18.3 Å². The van der Waals surface area contributed by atoms with Crippen molar-refractivity contribution in [2.75, 3.05) is 19.6 Å². The highest BCUT2D eigenvalue weighted by Gasteiger charge is 2.34. The minimum absolute atomic E-state index is 0.561. The summed E-state index contributed by atoms with van der Waals surface area (Å²) in [7, 11) is 0. The van der Waals surface area contributed by atoms with E-state index in [4.69, 9.17) is 0 Å². The number of rotatable bonds is 7. The van der Waals surface area contributed by atoms with Crippen molar-refractivity contribution in [3.63, 3.8) is 0 Å². The Bertz CT molecular complexity index is 395. The smallest absolute Gasteiger partial charge is 0.0544 e. The molecule has 1 fully saturated rings. The molecule has 0 atom stereocenters. The van der Waals surface area contributed by atoms with Crippen LogP contribution in [-0.2, 0) is 13.1 Å². The third-order valence-corrected chi connectivity index (χ3v) is 4.87. The van der Waals surface area contributed by atoms with E-state index < -0.39 is 0 Å². The van der Waals surface area contributed by atoms with E-state index in [1.165, 1.54) is 43.6 Å². The summed E-state index contributed by atoms with van der Waals surface area (Å²) in [4.78, 5) is 7.18. The van der Waals surface area contributed by atoms with Crippen LogP contribution in [0.2, 0.25) is 0 Å². The molecule has 2 heterocycles. The quantitative estimate of drug-likeness (QED) is 0.828. The summed E-state index contributed by atoms with van der Waals surface area (Å²) in [6.45, 7) is 12.2. The van der Waals surface area contributed by atoms with E-state index in [2.05, 4.69) is 48.1 Å². The normalized spacial score (nSPS) is 18.6. The molecule has 2 rings (SSSR count). The first-order valence-corrected chi connectivity index (χ1v) is 8.08. The molecule has 0 bridgehead atoms. The van der Waals surface area contributed by atoms with Gasteiger partial charge >= 0.3 is 0 Å². The van der Waals surface area contributed by atoms with Crippen molar-refractivity contribution in [2.24, 2.45) is 5.41 Å². The van der Waals surface area contributed by atoms with Crippen molar-refractivity contribution in [3.05, 3.63) is 29.6 Å². The fourth-order valence-electron chi connectivity index (χ4n) is 3.14. The maximum atomic E-state index is 4.61. The van der Waals surface area contributed by atoms with Gasteiger partial charge in [0.2, 0.25) is 0 Å². The van der Waals surface area contributed by atoms with Crippen LogP contribution in [0, 0.1) is 5.41 Å². The zero-order chi connectivity index (χ0) is 14.4. The highest BCUT2D eigenvalue weighted by Crippen LogP contribution is 2.37. The van der Waals surface area contributed by atoms with Gasteiger partial charge in [0.05, 0.1) is 5.69 Å². The van der Waals surface area contributed by atoms with Crippen LogP contribution in [-0.4, -0.2) is 29.5 Å². The summed E-state index contributed by atoms with van der Waals surface area (Å²) in [5.41, 5.74) is 3.03. The average molecular weight is 275 g/mol. The van der Waals surface area contributed by atoms with Crippen LogP contribution in [0.3, 0.4) is 0 Å². The van der Waals surface area contributed by atoms with E-state index in [9.17, 15) is 0 Å². The number of hydrogen-bond acceptors (Lipinski definition) is 3. The predicted octanol–water partition coefficient (Wildman–Crippen LogP) is 3.20. The molecule has 1 saturated heterocycles. The molecule has 0 saturated carbocycles. The van der Waals surface area contributed by atoms with Crippen LogP contribution < -0.4 is 5.32 Å².